The number of benzene rings is 2. The average molecular weight is 511 g/mol. The van der Waals surface area contributed by atoms with Crippen molar-refractivity contribution in [2.75, 3.05) is 16.8 Å². The monoisotopic (exact) mass is 510 g/mol. The molecule has 0 bridgehead atoms. The van der Waals surface area contributed by atoms with E-state index in [1.165, 1.54) is 6.33 Å². The molecule has 1 fully saturated rings. The molecule has 2 N–H and O–H groups in total. The molecule has 10 nitrogen and oxygen atoms in total. The number of ether oxygens (including phenoxy) is 1. The number of hydrogen-bond donors (Lipinski definition) is 2. The maximum atomic E-state index is 10.3. The molecule has 1 saturated heterocycles. The molecule has 0 spiro atoms. The number of nitrogens with zero attached hydrogens (tertiary/aromatic N) is 7. The summed E-state index contributed by atoms with van der Waals surface area (Å²) >= 11 is 0. The number of aromatic nitrogens is 6. The van der Waals surface area contributed by atoms with Gasteiger partial charge in [0.1, 0.15) is 28.9 Å². The van der Waals surface area contributed by atoms with Crippen molar-refractivity contribution in [2.24, 2.45) is 7.05 Å². The maximum Gasteiger partial charge on any atom is 0.226 e. The van der Waals surface area contributed by atoms with Crippen molar-refractivity contribution in [1.29, 1.82) is 0 Å². The van der Waals surface area contributed by atoms with Crippen molar-refractivity contribution >= 4 is 39.5 Å². The Bertz CT molecular complexity index is 1620. The van der Waals surface area contributed by atoms with E-state index in [1.807, 2.05) is 54.9 Å². The van der Waals surface area contributed by atoms with Crippen LogP contribution in [0.1, 0.15) is 31.7 Å². The fourth-order valence-corrected chi connectivity index (χ4v) is 5.10. The zero-order valence-electron chi connectivity index (χ0n) is 21.7. The van der Waals surface area contributed by atoms with Crippen molar-refractivity contribution in [3.05, 3.63) is 60.8 Å². The van der Waals surface area contributed by atoms with Crippen LogP contribution in [0.4, 0.5) is 17.5 Å². The molecule has 5 aromatic rings. The lowest BCUT2D eigenvalue weighted by Crippen LogP contribution is -2.31. The number of rotatable bonds is 7. The summed E-state index contributed by atoms with van der Waals surface area (Å²) in [4.78, 5) is 24.7. The minimum absolute atomic E-state index is 0.224. The summed E-state index contributed by atoms with van der Waals surface area (Å²) in [6.45, 7) is 4.68. The number of aliphatic hydroxyl groups excluding tert-OH is 1. The summed E-state index contributed by atoms with van der Waals surface area (Å²) < 4.78 is 8.14. The molecule has 3 aromatic heterocycles. The number of nitrogens with one attached hydrogen (secondary N) is 1. The van der Waals surface area contributed by atoms with E-state index in [-0.39, 0.29) is 12.1 Å². The van der Waals surface area contributed by atoms with E-state index < -0.39 is 0 Å². The maximum absolute atomic E-state index is 10.3. The van der Waals surface area contributed by atoms with Gasteiger partial charge in [-0.1, -0.05) is 13.3 Å². The van der Waals surface area contributed by atoms with Crippen LogP contribution in [-0.2, 0) is 7.05 Å². The fourth-order valence-electron chi connectivity index (χ4n) is 5.10. The van der Waals surface area contributed by atoms with Gasteiger partial charge in [0, 0.05) is 31.4 Å². The van der Waals surface area contributed by atoms with Crippen LogP contribution < -0.4 is 15.0 Å². The van der Waals surface area contributed by atoms with Gasteiger partial charge in [0.25, 0.3) is 0 Å². The van der Waals surface area contributed by atoms with E-state index in [0.717, 1.165) is 53.0 Å². The Balaban J connectivity index is 1.25. The molecule has 4 heterocycles. The number of aryl methyl sites for hydroxylation is 2. The van der Waals surface area contributed by atoms with E-state index in [2.05, 4.69) is 37.1 Å². The van der Waals surface area contributed by atoms with Gasteiger partial charge < -0.3 is 24.6 Å². The highest BCUT2D eigenvalue weighted by Gasteiger charge is 2.32. The summed E-state index contributed by atoms with van der Waals surface area (Å²) in [7, 11) is 1.97. The molecule has 10 heteroatoms. The first kappa shape index (κ1) is 24.1. The van der Waals surface area contributed by atoms with Gasteiger partial charge in [-0.25, -0.2) is 24.9 Å². The summed E-state index contributed by atoms with van der Waals surface area (Å²) in [6, 6.07) is 12.0. The zero-order chi connectivity index (χ0) is 26.2. The number of fused-ring (bicyclic) bond motifs is 2. The van der Waals surface area contributed by atoms with Crippen LogP contribution in [0.25, 0.3) is 22.1 Å². The summed E-state index contributed by atoms with van der Waals surface area (Å²) in [5.41, 5.74) is 5.06. The van der Waals surface area contributed by atoms with Crippen LogP contribution in [-0.4, -0.2) is 53.3 Å². The van der Waals surface area contributed by atoms with Gasteiger partial charge in [-0.05, 0) is 55.7 Å². The van der Waals surface area contributed by atoms with E-state index in [1.54, 1.807) is 12.5 Å². The number of β-amino-alcohol motifs (C(OH)–C–C–N with tert-alkyl or cyclic N) is 1. The molecule has 1 aliphatic rings. The minimum atomic E-state index is -0.370. The van der Waals surface area contributed by atoms with Crippen LogP contribution in [0.2, 0.25) is 0 Å². The lowest BCUT2D eigenvalue weighted by Gasteiger charge is -2.24. The second kappa shape index (κ2) is 9.86. The van der Waals surface area contributed by atoms with Gasteiger partial charge in [-0.15, -0.1) is 0 Å². The van der Waals surface area contributed by atoms with Gasteiger partial charge in [-0.3, -0.25) is 0 Å². The van der Waals surface area contributed by atoms with E-state index >= 15 is 0 Å². The molecule has 2 aromatic carbocycles. The highest BCUT2D eigenvalue weighted by atomic mass is 16.5. The molecular formula is C28H30N8O2. The smallest absolute Gasteiger partial charge is 0.226 e. The second-order valence-corrected chi connectivity index (χ2v) is 9.82. The molecule has 0 unspecified atom stereocenters. The normalized spacial score (nSPS) is 17.4. The van der Waals surface area contributed by atoms with Crippen molar-refractivity contribution in [3.63, 3.8) is 0 Å². The summed E-state index contributed by atoms with van der Waals surface area (Å²) in [5.74, 6) is 2.69. The molecule has 194 valence electrons. The predicted octanol–water partition coefficient (Wildman–Crippen LogP) is 4.89. The zero-order valence-corrected chi connectivity index (χ0v) is 21.7. The van der Waals surface area contributed by atoms with Gasteiger partial charge in [0.2, 0.25) is 5.95 Å². The van der Waals surface area contributed by atoms with Crippen LogP contribution in [0.3, 0.4) is 0 Å². The Kier molecular flexibility index (Phi) is 6.24. The topological polar surface area (TPSA) is 114 Å². The quantitative estimate of drug-likeness (QED) is 0.316. The molecule has 0 saturated carbocycles. The molecule has 1 aliphatic heterocycles. The minimum Gasteiger partial charge on any atom is -0.457 e. The van der Waals surface area contributed by atoms with Gasteiger partial charge in [-0.2, -0.15) is 0 Å². The van der Waals surface area contributed by atoms with Crippen LogP contribution in [0.5, 0.6) is 11.5 Å². The van der Waals surface area contributed by atoms with Crippen molar-refractivity contribution < 1.29 is 9.84 Å². The summed E-state index contributed by atoms with van der Waals surface area (Å²) in [6.07, 6.45) is 7.40. The van der Waals surface area contributed by atoms with Crippen LogP contribution in [0, 0.1) is 6.92 Å². The standard InChI is InChI=1S/C28H30N8O2/c1-4-5-19-11-20(37)14-36(19)28-29-13-23-26(34-28)27(31-15-30-23)33-18-6-9-25(17(2)10-18)38-21-7-8-24-22(12-21)32-16-35(24)3/h6-10,12-13,15-16,19-20,37H,4-5,11,14H2,1-3H3,(H,30,31,33)/t19-,20+/m0/s1. The largest absolute Gasteiger partial charge is 0.457 e. The highest BCUT2D eigenvalue weighted by molar-refractivity contribution is 5.87. The van der Waals surface area contributed by atoms with Crippen molar-refractivity contribution in [3.8, 4) is 11.5 Å². The third-order valence-electron chi connectivity index (χ3n) is 7.00. The van der Waals surface area contributed by atoms with Crippen molar-refractivity contribution in [2.45, 2.75) is 45.3 Å². The first-order chi connectivity index (χ1) is 18.5. The third-order valence-corrected chi connectivity index (χ3v) is 7.00. The fraction of sp³-hybridized carbons (Fsp3) is 0.321. The van der Waals surface area contributed by atoms with E-state index in [9.17, 15) is 5.11 Å². The molecule has 0 radical (unpaired) electrons. The van der Waals surface area contributed by atoms with Gasteiger partial charge >= 0.3 is 0 Å². The Morgan fingerprint density at radius 2 is 1.97 bits per heavy atom. The first-order valence-electron chi connectivity index (χ1n) is 12.9. The van der Waals surface area contributed by atoms with E-state index in [0.29, 0.717) is 29.3 Å². The molecule has 2 atom stereocenters. The lowest BCUT2D eigenvalue weighted by atomic mass is 10.1. The summed E-state index contributed by atoms with van der Waals surface area (Å²) in [5, 5.41) is 13.7. The lowest BCUT2D eigenvalue weighted by molar-refractivity contribution is 0.193. The Morgan fingerprint density at radius 1 is 1.08 bits per heavy atom. The Labute approximate surface area is 220 Å². The number of anilines is 3. The van der Waals surface area contributed by atoms with Crippen molar-refractivity contribution in [1.82, 2.24) is 29.5 Å². The molecule has 38 heavy (non-hydrogen) atoms. The number of aliphatic hydroxyl groups is 1. The molecule has 6 rings (SSSR count). The van der Waals surface area contributed by atoms with Gasteiger partial charge in [0.15, 0.2) is 5.82 Å². The Morgan fingerprint density at radius 3 is 2.82 bits per heavy atom. The van der Waals surface area contributed by atoms with Crippen LogP contribution in [0.15, 0.2) is 55.2 Å². The third kappa shape index (κ3) is 4.58. The average Bonchev–Trinajstić information content (AvgIpc) is 3.47. The SMILES string of the molecule is CCC[C@H]1C[C@@H](O)CN1c1ncc2ncnc(Nc3ccc(Oc4ccc5c(c4)ncn5C)c(C)c3)c2n1. The van der Waals surface area contributed by atoms with Crippen LogP contribution >= 0.6 is 0 Å². The molecule has 0 aliphatic carbocycles. The number of hydrogen-bond acceptors (Lipinski definition) is 9. The predicted molar refractivity (Wildman–Crippen MR) is 147 cm³/mol. The molecule has 0 amide bonds. The first-order valence-corrected chi connectivity index (χ1v) is 12.9. The molecular weight excluding hydrogens is 480 g/mol. The van der Waals surface area contributed by atoms with Gasteiger partial charge in [0.05, 0.1) is 29.7 Å². The number of imidazole rings is 1. The highest BCUT2D eigenvalue weighted by Crippen LogP contribution is 2.32. The Hall–Kier alpha value is -4.31. The van der Waals surface area contributed by atoms with E-state index in [4.69, 9.17) is 9.72 Å². The second-order valence-electron chi connectivity index (χ2n) is 9.82.